The second-order valence-corrected chi connectivity index (χ2v) is 6.48. The minimum atomic E-state index is 0.0356. The van der Waals surface area contributed by atoms with E-state index in [2.05, 4.69) is 15.9 Å². The zero-order chi connectivity index (χ0) is 15.2. The van der Waals surface area contributed by atoms with E-state index in [1.165, 1.54) is 5.56 Å². The van der Waals surface area contributed by atoms with Crippen LogP contribution in [0.15, 0.2) is 46.9 Å². The molecule has 0 aromatic heterocycles. The highest BCUT2D eigenvalue weighted by Gasteiger charge is 2.08. The topological polar surface area (TPSA) is 35.2 Å². The molecule has 0 aliphatic rings. The lowest BCUT2D eigenvalue weighted by Crippen LogP contribution is -2.25. The summed E-state index contributed by atoms with van der Waals surface area (Å²) in [6.07, 6.45) is 1.55. The van der Waals surface area contributed by atoms with E-state index in [0.717, 1.165) is 33.6 Å². The van der Waals surface area contributed by atoms with Crippen molar-refractivity contribution in [2.45, 2.75) is 25.8 Å². The van der Waals surface area contributed by atoms with Crippen molar-refractivity contribution < 1.29 is 4.74 Å². The van der Waals surface area contributed by atoms with Gasteiger partial charge < -0.3 is 10.5 Å². The van der Waals surface area contributed by atoms with Crippen molar-refractivity contribution in [1.29, 1.82) is 0 Å². The molecule has 2 aromatic rings. The number of hydrogen-bond donors (Lipinski definition) is 1. The van der Waals surface area contributed by atoms with Gasteiger partial charge in [-0.2, -0.15) is 0 Å². The van der Waals surface area contributed by atoms with Crippen molar-refractivity contribution >= 4 is 27.5 Å². The minimum Gasteiger partial charge on any atom is -0.494 e. The van der Waals surface area contributed by atoms with Crippen LogP contribution in [0.1, 0.15) is 17.5 Å². The summed E-state index contributed by atoms with van der Waals surface area (Å²) in [5.74, 6) is 0.892. The Balaban J connectivity index is 1.81. The number of hydrogen-bond acceptors (Lipinski definition) is 2. The second-order valence-electron chi connectivity index (χ2n) is 5.15. The molecule has 0 radical (unpaired) electrons. The summed E-state index contributed by atoms with van der Waals surface area (Å²) in [4.78, 5) is 0. The molecule has 0 fully saturated rings. The van der Waals surface area contributed by atoms with Crippen molar-refractivity contribution in [1.82, 2.24) is 0 Å². The van der Waals surface area contributed by atoms with Gasteiger partial charge in [-0.3, -0.25) is 0 Å². The first-order chi connectivity index (χ1) is 10.0. The van der Waals surface area contributed by atoms with Gasteiger partial charge in [-0.15, -0.1) is 0 Å². The van der Waals surface area contributed by atoms with Crippen LogP contribution in [0.3, 0.4) is 0 Å². The maximum Gasteiger partial charge on any atom is 0.119 e. The van der Waals surface area contributed by atoms with Crippen LogP contribution in [0.5, 0.6) is 5.75 Å². The molecule has 0 amide bonds. The highest BCUT2D eigenvalue weighted by molar-refractivity contribution is 9.10. The average molecular weight is 369 g/mol. The number of nitrogens with two attached hydrogens (primary N) is 1. The van der Waals surface area contributed by atoms with Crippen LogP contribution >= 0.6 is 27.5 Å². The summed E-state index contributed by atoms with van der Waals surface area (Å²) in [6.45, 7) is 2.66. The minimum absolute atomic E-state index is 0.0356. The molecule has 2 nitrogen and oxygen atoms in total. The monoisotopic (exact) mass is 367 g/mol. The fourth-order valence-electron chi connectivity index (χ4n) is 2.11. The third kappa shape index (κ3) is 5.34. The van der Waals surface area contributed by atoms with E-state index >= 15 is 0 Å². The van der Waals surface area contributed by atoms with Crippen LogP contribution in [-0.2, 0) is 6.42 Å². The molecule has 4 heteroatoms. The first-order valence-electron chi connectivity index (χ1n) is 6.93. The Morgan fingerprint density at radius 3 is 2.76 bits per heavy atom. The van der Waals surface area contributed by atoms with Gasteiger partial charge >= 0.3 is 0 Å². The Kier molecular flexibility index (Phi) is 6.09. The first-order valence-corrected chi connectivity index (χ1v) is 8.10. The Morgan fingerprint density at radius 1 is 1.24 bits per heavy atom. The molecule has 21 heavy (non-hydrogen) atoms. The van der Waals surface area contributed by atoms with E-state index in [1.54, 1.807) is 0 Å². The summed E-state index contributed by atoms with van der Waals surface area (Å²) >= 11 is 9.60. The van der Waals surface area contributed by atoms with Gasteiger partial charge in [0.1, 0.15) is 5.75 Å². The van der Waals surface area contributed by atoms with Gasteiger partial charge in [0.05, 0.1) is 6.61 Å². The maximum absolute atomic E-state index is 6.20. The van der Waals surface area contributed by atoms with Crippen molar-refractivity contribution in [3.8, 4) is 5.75 Å². The van der Waals surface area contributed by atoms with Gasteiger partial charge in [-0.25, -0.2) is 0 Å². The fraction of sp³-hybridized carbons (Fsp3) is 0.294. The summed E-state index contributed by atoms with van der Waals surface area (Å²) in [6, 6.07) is 14.0. The molecule has 2 rings (SSSR count). The van der Waals surface area contributed by atoms with Crippen LogP contribution < -0.4 is 10.5 Å². The molecule has 0 heterocycles. The van der Waals surface area contributed by atoms with Gasteiger partial charge in [0.15, 0.2) is 0 Å². The highest BCUT2D eigenvalue weighted by Crippen LogP contribution is 2.22. The molecule has 2 N–H and O–H groups in total. The molecule has 1 atom stereocenters. The number of halogens is 2. The molecular weight excluding hydrogens is 350 g/mol. The number of ether oxygens (including phenoxy) is 1. The van der Waals surface area contributed by atoms with Gasteiger partial charge in [0, 0.05) is 15.5 Å². The lowest BCUT2D eigenvalue weighted by Gasteiger charge is -2.14. The SMILES string of the molecule is Cc1cccc(OCCC(N)Cc2ccc(Br)cc2Cl)c1. The summed E-state index contributed by atoms with van der Waals surface area (Å²) in [5.41, 5.74) is 8.42. The van der Waals surface area contributed by atoms with Gasteiger partial charge in [0.25, 0.3) is 0 Å². The zero-order valence-electron chi connectivity index (χ0n) is 12.0. The molecule has 2 aromatic carbocycles. The molecule has 1 unspecified atom stereocenters. The predicted molar refractivity (Wildman–Crippen MR) is 92.1 cm³/mol. The van der Waals surface area contributed by atoms with E-state index in [-0.39, 0.29) is 6.04 Å². The highest BCUT2D eigenvalue weighted by atomic mass is 79.9. The van der Waals surface area contributed by atoms with Crippen molar-refractivity contribution in [2.75, 3.05) is 6.61 Å². The summed E-state index contributed by atoms with van der Waals surface area (Å²) < 4.78 is 6.70. The molecular formula is C17H19BrClNO. The largest absolute Gasteiger partial charge is 0.494 e. The van der Waals surface area contributed by atoms with E-state index in [0.29, 0.717) is 6.61 Å². The average Bonchev–Trinajstić information content (AvgIpc) is 2.42. The van der Waals surface area contributed by atoms with Crippen molar-refractivity contribution in [2.24, 2.45) is 5.73 Å². The lowest BCUT2D eigenvalue weighted by atomic mass is 10.0. The standard InChI is InChI=1S/C17H19BrClNO/c1-12-3-2-4-16(9-12)21-8-7-15(20)10-13-5-6-14(18)11-17(13)19/h2-6,9,11,15H,7-8,10,20H2,1H3. The molecule has 112 valence electrons. The van der Waals surface area contributed by atoms with Gasteiger partial charge in [-0.05, 0) is 55.2 Å². The van der Waals surface area contributed by atoms with Crippen molar-refractivity contribution in [3.05, 3.63) is 63.1 Å². The molecule has 0 saturated heterocycles. The predicted octanol–water partition coefficient (Wildman–Crippen LogP) is 4.75. The molecule has 0 bridgehead atoms. The van der Waals surface area contributed by atoms with E-state index in [4.69, 9.17) is 22.1 Å². The number of benzene rings is 2. The smallest absolute Gasteiger partial charge is 0.119 e. The Hall–Kier alpha value is -1.03. The zero-order valence-corrected chi connectivity index (χ0v) is 14.3. The third-order valence-corrected chi connectivity index (χ3v) is 4.09. The van der Waals surface area contributed by atoms with Crippen LogP contribution in [0, 0.1) is 6.92 Å². The quantitative estimate of drug-likeness (QED) is 0.798. The molecule has 0 aliphatic carbocycles. The molecule has 0 spiro atoms. The summed E-state index contributed by atoms with van der Waals surface area (Å²) in [5, 5.41) is 0.749. The Labute approximate surface area is 139 Å². The number of rotatable bonds is 6. The van der Waals surface area contributed by atoms with Crippen LogP contribution in [0.4, 0.5) is 0 Å². The maximum atomic E-state index is 6.20. The normalized spacial score (nSPS) is 12.2. The van der Waals surface area contributed by atoms with Gasteiger partial charge in [-0.1, -0.05) is 45.7 Å². The van der Waals surface area contributed by atoms with Crippen LogP contribution in [-0.4, -0.2) is 12.6 Å². The van der Waals surface area contributed by atoms with Crippen LogP contribution in [0.2, 0.25) is 5.02 Å². The Morgan fingerprint density at radius 2 is 2.05 bits per heavy atom. The van der Waals surface area contributed by atoms with E-state index < -0.39 is 0 Å². The molecule has 0 saturated carbocycles. The Bertz CT molecular complexity index is 603. The fourth-order valence-corrected chi connectivity index (χ4v) is 2.86. The second kappa shape index (κ2) is 7.83. The summed E-state index contributed by atoms with van der Waals surface area (Å²) in [7, 11) is 0. The van der Waals surface area contributed by atoms with E-state index in [9.17, 15) is 0 Å². The third-order valence-electron chi connectivity index (χ3n) is 3.24. The number of aryl methyl sites for hydroxylation is 1. The molecule has 0 aliphatic heterocycles. The van der Waals surface area contributed by atoms with Crippen molar-refractivity contribution in [3.63, 3.8) is 0 Å². The van der Waals surface area contributed by atoms with Crippen LogP contribution in [0.25, 0.3) is 0 Å². The van der Waals surface area contributed by atoms with E-state index in [1.807, 2.05) is 49.4 Å². The van der Waals surface area contributed by atoms with Gasteiger partial charge in [0.2, 0.25) is 0 Å². The lowest BCUT2D eigenvalue weighted by molar-refractivity contribution is 0.297. The first kappa shape index (κ1) is 16.3.